The molecule has 1 aromatic carbocycles. The summed E-state index contributed by atoms with van der Waals surface area (Å²) in [5.74, 6) is 0.839. The number of ether oxygens (including phenoxy) is 2. The molecule has 90 valence electrons. The molecule has 4 nitrogen and oxygen atoms in total. The first-order chi connectivity index (χ1) is 7.77. The van der Waals surface area contributed by atoms with Crippen molar-refractivity contribution in [1.82, 2.24) is 5.48 Å². The number of halogens is 1. The van der Waals surface area contributed by atoms with Crippen LogP contribution in [0.3, 0.4) is 0 Å². The topological polar surface area (TPSA) is 39.7 Å². The van der Waals surface area contributed by atoms with Crippen LogP contribution in [0.2, 0.25) is 0 Å². The molecule has 1 aromatic rings. The molecule has 0 amide bonds. The fourth-order valence-corrected chi connectivity index (χ4v) is 1.62. The van der Waals surface area contributed by atoms with Crippen LogP contribution in [0.25, 0.3) is 0 Å². The molecule has 0 aliphatic carbocycles. The van der Waals surface area contributed by atoms with E-state index in [4.69, 9.17) is 14.3 Å². The van der Waals surface area contributed by atoms with Gasteiger partial charge in [0.15, 0.2) is 0 Å². The molecule has 0 aliphatic rings. The molecule has 0 aliphatic heterocycles. The Labute approximate surface area is 104 Å². The smallest absolute Gasteiger partial charge is 0.123 e. The minimum Gasteiger partial charge on any atom is -0.496 e. The lowest BCUT2D eigenvalue weighted by Gasteiger charge is -2.10. The predicted octanol–water partition coefficient (Wildman–Crippen LogP) is 2.13. The van der Waals surface area contributed by atoms with Crippen LogP contribution in [0.15, 0.2) is 22.7 Å². The van der Waals surface area contributed by atoms with Gasteiger partial charge in [-0.15, -0.1) is 0 Å². The summed E-state index contributed by atoms with van der Waals surface area (Å²) >= 11 is 3.42. The summed E-state index contributed by atoms with van der Waals surface area (Å²) < 4.78 is 11.1. The average Bonchev–Trinajstić information content (AvgIpc) is 2.29. The maximum atomic E-state index is 5.24. The van der Waals surface area contributed by atoms with Crippen molar-refractivity contribution in [2.75, 3.05) is 27.4 Å². The van der Waals surface area contributed by atoms with Gasteiger partial charge in [-0.2, -0.15) is 5.48 Å². The van der Waals surface area contributed by atoms with Crippen molar-refractivity contribution in [1.29, 1.82) is 0 Å². The van der Waals surface area contributed by atoms with Gasteiger partial charge < -0.3 is 9.47 Å². The molecule has 0 fully saturated rings. The van der Waals surface area contributed by atoms with Crippen LogP contribution in [-0.2, 0) is 16.1 Å². The zero-order valence-electron chi connectivity index (χ0n) is 9.46. The SMILES string of the molecule is COCCONCc1cc(Br)ccc1OC. The molecule has 0 saturated heterocycles. The van der Waals surface area contributed by atoms with E-state index in [1.165, 1.54) is 0 Å². The zero-order valence-corrected chi connectivity index (χ0v) is 11.0. The third-order valence-electron chi connectivity index (χ3n) is 2.00. The highest BCUT2D eigenvalue weighted by molar-refractivity contribution is 9.10. The Kier molecular flexibility index (Phi) is 6.40. The van der Waals surface area contributed by atoms with Gasteiger partial charge in [0.1, 0.15) is 5.75 Å². The number of hydrogen-bond donors (Lipinski definition) is 1. The van der Waals surface area contributed by atoms with E-state index in [0.717, 1.165) is 15.8 Å². The Morgan fingerprint density at radius 3 is 2.75 bits per heavy atom. The minimum absolute atomic E-state index is 0.521. The monoisotopic (exact) mass is 289 g/mol. The second-order valence-corrected chi connectivity index (χ2v) is 4.03. The molecule has 0 bridgehead atoms. The molecule has 0 atom stereocenters. The van der Waals surface area contributed by atoms with E-state index >= 15 is 0 Å². The van der Waals surface area contributed by atoms with Crippen LogP contribution in [0.5, 0.6) is 5.75 Å². The Bertz CT molecular complexity index is 320. The van der Waals surface area contributed by atoms with Gasteiger partial charge in [-0.1, -0.05) is 15.9 Å². The maximum absolute atomic E-state index is 5.24. The highest BCUT2D eigenvalue weighted by atomic mass is 79.9. The van der Waals surface area contributed by atoms with E-state index in [1.54, 1.807) is 14.2 Å². The van der Waals surface area contributed by atoms with Crippen molar-refractivity contribution in [2.24, 2.45) is 0 Å². The van der Waals surface area contributed by atoms with Crippen molar-refractivity contribution >= 4 is 15.9 Å². The predicted molar refractivity (Wildman–Crippen MR) is 65.4 cm³/mol. The molecule has 1 N–H and O–H groups in total. The van der Waals surface area contributed by atoms with Gasteiger partial charge in [0.25, 0.3) is 0 Å². The van der Waals surface area contributed by atoms with Crippen LogP contribution in [0.1, 0.15) is 5.56 Å². The number of benzene rings is 1. The summed E-state index contributed by atoms with van der Waals surface area (Å²) in [6.45, 7) is 1.68. The molecule has 0 heterocycles. The molecule has 5 heteroatoms. The van der Waals surface area contributed by atoms with E-state index in [2.05, 4.69) is 21.4 Å². The number of nitrogens with one attached hydrogen (secondary N) is 1. The van der Waals surface area contributed by atoms with Crippen molar-refractivity contribution < 1.29 is 14.3 Å². The lowest BCUT2D eigenvalue weighted by molar-refractivity contribution is 0.00321. The highest BCUT2D eigenvalue weighted by Crippen LogP contribution is 2.22. The highest BCUT2D eigenvalue weighted by Gasteiger charge is 2.03. The second kappa shape index (κ2) is 7.62. The van der Waals surface area contributed by atoms with Crippen LogP contribution in [0, 0.1) is 0 Å². The molecule has 0 spiro atoms. The third kappa shape index (κ3) is 4.49. The first kappa shape index (κ1) is 13.4. The van der Waals surface area contributed by atoms with Crippen molar-refractivity contribution in [3.05, 3.63) is 28.2 Å². The first-order valence-electron chi connectivity index (χ1n) is 4.94. The fraction of sp³-hybridized carbons (Fsp3) is 0.455. The molecule has 0 radical (unpaired) electrons. The van der Waals surface area contributed by atoms with Gasteiger partial charge in [0.05, 0.1) is 20.3 Å². The Balaban J connectivity index is 2.42. The molecule has 1 rings (SSSR count). The summed E-state index contributed by atoms with van der Waals surface area (Å²) in [6, 6.07) is 5.84. The quantitative estimate of drug-likeness (QED) is 0.617. The Morgan fingerprint density at radius 1 is 1.25 bits per heavy atom. The van der Waals surface area contributed by atoms with E-state index in [1.807, 2.05) is 18.2 Å². The van der Waals surface area contributed by atoms with Gasteiger partial charge in [0.2, 0.25) is 0 Å². The van der Waals surface area contributed by atoms with Gasteiger partial charge in [0, 0.05) is 23.7 Å². The number of hydrogen-bond acceptors (Lipinski definition) is 4. The molecular formula is C11H16BrNO3. The average molecular weight is 290 g/mol. The van der Waals surface area contributed by atoms with Crippen LogP contribution >= 0.6 is 15.9 Å². The summed E-state index contributed by atoms with van der Waals surface area (Å²) in [5.41, 5.74) is 3.89. The van der Waals surface area contributed by atoms with Crippen LogP contribution in [-0.4, -0.2) is 27.4 Å². The van der Waals surface area contributed by atoms with E-state index < -0.39 is 0 Å². The first-order valence-corrected chi connectivity index (χ1v) is 5.73. The van der Waals surface area contributed by atoms with Gasteiger partial charge in [-0.05, 0) is 18.2 Å². The van der Waals surface area contributed by atoms with Crippen LogP contribution in [0.4, 0.5) is 0 Å². The number of hydroxylamine groups is 1. The Hall–Kier alpha value is -0.620. The van der Waals surface area contributed by atoms with Gasteiger partial charge in [-0.25, -0.2) is 0 Å². The summed E-state index contributed by atoms with van der Waals surface area (Å²) in [4.78, 5) is 5.17. The molecule has 0 unspecified atom stereocenters. The number of methoxy groups -OCH3 is 2. The molecule has 16 heavy (non-hydrogen) atoms. The van der Waals surface area contributed by atoms with Gasteiger partial charge in [-0.3, -0.25) is 4.84 Å². The maximum Gasteiger partial charge on any atom is 0.123 e. The molecule has 0 saturated carbocycles. The lowest BCUT2D eigenvalue weighted by Crippen LogP contribution is -2.17. The molecule has 0 aromatic heterocycles. The lowest BCUT2D eigenvalue weighted by atomic mass is 10.2. The van der Waals surface area contributed by atoms with Crippen molar-refractivity contribution in [2.45, 2.75) is 6.54 Å². The zero-order chi connectivity index (χ0) is 11.8. The van der Waals surface area contributed by atoms with Crippen molar-refractivity contribution in [3.8, 4) is 5.75 Å². The normalized spacial score (nSPS) is 10.4. The van der Waals surface area contributed by atoms with E-state index in [0.29, 0.717) is 19.8 Å². The second-order valence-electron chi connectivity index (χ2n) is 3.12. The fourth-order valence-electron chi connectivity index (χ4n) is 1.21. The molecular weight excluding hydrogens is 274 g/mol. The standard InChI is InChI=1S/C11H16BrNO3/c1-14-5-6-16-13-8-9-7-10(12)3-4-11(9)15-2/h3-4,7,13H,5-6,8H2,1-2H3. The third-order valence-corrected chi connectivity index (χ3v) is 2.49. The van der Waals surface area contributed by atoms with Gasteiger partial charge >= 0.3 is 0 Å². The largest absolute Gasteiger partial charge is 0.496 e. The Morgan fingerprint density at radius 2 is 2.06 bits per heavy atom. The van der Waals surface area contributed by atoms with E-state index in [9.17, 15) is 0 Å². The van der Waals surface area contributed by atoms with Crippen molar-refractivity contribution in [3.63, 3.8) is 0 Å². The summed E-state index contributed by atoms with van der Waals surface area (Å²) in [5, 5.41) is 0. The number of rotatable bonds is 7. The minimum atomic E-state index is 0.521. The van der Waals surface area contributed by atoms with E-state index in [-0.39, 0.29) is 0 Å². The summed E-state index contributed by atoms with van der Waals surface area (Å²) in [6.07, 6.45) is 0. The summed E-state index contributed by atoms with van der Waals surface area (Å²) in [7, 11) is 3.29. The van der Waals surface area contributed by atoms with Crippen LogP contribution < -0.4 is 10.2 Å².